The van der Waals surface area contributed by atoms with E-state index < -0.39 is 12.2 Å². The van der Waals surface area contributed by atoms with Gasteiger partial charge in [-0.3, -0.25) is 0 Å². The van der Waals surface area contributed by atoms with Crippen molar-refractivity contribution < 1.29 is 10.2 Å². The number of nitrogens with one attached hydrogen (secondary N) is 2. The molecule has 0 bridgehead atoms. The molecule has 2 aromatic rings. The summed E-state index contributed by atoms with van der Waals surface area (Å²) in [7, 11) is 0. The van der Waals surface area contributed by atoms with Crippen LogP contribution in [0.1, 0.15) is 37.3 Å². The van der Waals surface area contributed by atoms with Crippen molar-refractivity contribution >= 4 is 16.9 Å². The van der Waals surface area contributed by atoms with Crippen molar-refractivity contribution in [3.05, 3.63) is 18.1 Å². The zero-order valence-corrected chi connectivity index (χ0v) is 14.9. The Balaban J connectivity index is 1.52. The van der Waals surface area contributed by atoms with Crippen molar-refractivity contribution in [2.45, 2.75) is 50.4 Å². The fourth-order valence-corrected chi connectivity index (χ4v) is 5.28. The molecule has 0 unspecified atom stereocenters. The van der Waals surface area contributed by atoms with Crippen molar-refractivity contribution in [3.63, 3.8) is 0 Å². The second kappa shape index (κ2) is 6.48. The summed E-state index contributed by atoms with van der Waals surface area (Å²) < 4.78 is 2.11. The zero-order valence-electron chi connectivity index (χ0n) is 14.9. The second-order valence-electron chi connectivity index (χ2n) is 8.05. The highest BCUT2D eigenvalue weighted by Gasteiger charge is 2.46. The summed E-state index contributed by atoms with van der Waals surface area (Å²) in [5, 5.41) is 29.5. The number of rotatable bonds is 2. The Hall–Kier alpha value is -1.70. The Morgan fingerprint density at radius 2 is 1.92 bits per heavy atom. The average molecular weight is 357 g/mol. The minimum Gasteiger partial charge on any atom is -0.390 e. The molecular weight excluding hydrogens is 330 g/mol. The molecule has 0 spiro atoms. The van der Waals surface area contributed by atoms with Crippen LogP contribution in [0.15, 0.2) is 12.5 Å². The summed E-state index contributed by atoms with van der Waals surface area (Å²) in [6, 6.07) is -0.122. The van der Waals surface area contributed by atoms with E-state index in [9.17, 15) is 10.2 Å². The van der Waals surface area contributed by atoms with E-state index in [0.29, 0.717) is 5.92 Å². The molecule has 3 aliphatic rings. The van der Waals surface area contributed by atoms with E-state index >= 15 is 0 Å². The van der Waals surface area contributed by atoms with Gasteiger partial charge in [0.25, 0.3) is 0 Å². The minimum absolute atomic E-state index is 0.122. The van der Waals surface area contributed by atoms with E-state index in [1.807, 2.05) is 0 Å². The summed E-state index contributed by atoms with van der Waals surface area (Å²) >= 11 is 0. The lowest BCUT2D eigenvalue weighted by Crippen LogP contribution is -2.37. The number of aryl methyl sites for hydroxylation is 1. The molecule has 2 fully saturated rings. The predicted molar refractivity (Wildman–Crippen MR) is 99.1 cm³/mol. The van der Waals surface area contributed by atoms with Gasteiger partial charge in [0.05, 0.1) is 17.5 Å². The molecule has 2 aliphatic heterocycles. The number of piperidine rings is 1. The summed E-state index contributed by atoms with van der Waals surface area (Å²) in [4.78, 5) is 8.94. The third-order valence-electron chi connectivity index (χ3n) is 6.65. The molecule has 26 heavy (non-hydrogen) atoms. The van der Waals surface area contributed by atoms with Crippen LogP contribution < -0.4 is 10.6 Å². The number of aliphatic hydroxyl groups excluding tert-OH is 2. The third kappa shape index (κ3) is 2.52. The van der Waals surface area contributed by atoms with E-state index in [-0.39, 0.29) is 12.0 Å². The first kappa shape index (κ1) is 16.5. The highest BCUT2D eigenvalue weighted by atomic mass is 16.3. The van der Waals surface area contributed by atoms with Gasteiger partial charge >= 0.3 is 0 Å². The fraction of sp³-hybridized carbons (Fsp3) is 0.684. The molecule has 7 heteroatoms. The Kier molecular flexibility index (Phi) is 4.10. The minimum atomic E-state index is -0.743. The molecule has 4 N–H and O–H groups in total. The van der Waals surface area contributed by atoms with Crippen LogP contribution in [-0.4, -0.2) is 56.6 Å². The number of hydrogen-bond acceptors (Lipinski definition) is 6. The van der Waals surface area contributed by atoms with Crippen molar-refractivity contribution in [1.29, 1.82) is 0 Å². The van der Waals surface area contributed by atoms with E-state index in [2.05, 4.69) is 31.4 Å². The van der Waals surface area contributed by atoms with Gasteiger partial charge in [-0.25, -0.2) is 9.97 Å². The Morgan fingerprint density at radius 3 is 2.77 bits per heavy atom. The first-order valence-electron chi connectivity index (χ1n) is 9.89. The Labute approximate surface area is 152 Å². The highest BCUT2D eigenvalue weighted by Crippen LogP contribution is 2.44. The van der Waals surface area contributed by atoms with Crippen LogP contribution in [0.4, 0.5) is 5.82 Å². The monoisotopic (exact) mass is 357 g/mol. The maximum Gasteiger partial charge on any atom is 0.146 e. The number of aromatic nitrogens is 3. The van der Waals surface area contributed by atoms with Gasteiger partial charge in [-0.1, -0.05) is 0 Å². The average Bonchev–Trinajstić information content (AvgIpc) is 3.09. The third-order valence-corrected chi connectivity index (χ3v) is 6.65. The molecule has 1 saturated heterocycles. The van der Waals surface area contributed by atoms with E-state index in [1.54, 1.807) is 6.33 Å². The standard InChI is InChI=1S/C19H27N5O2/c25-16-13(11-3-6-20-7-4-11)8-14(17(16)26)24-9-12-2-1-5-21-18-15(12)19(24)23-10-22-18/h9-11,13-14,16-17,20,25-26H,1-8H2,(H,21,22,23)/t13-,14-,16-,17+/m1/s1. The van der Waals surface area contributed by atoms with Crippen LogP contribution in [0.25, 0.3) is 11.0 Å². The fourth-order valence-electron chi connectivity index (χ4n) is 5.28. The Morgan fingerprint density at radius 1 is 1.08 bits per heavy atom. The van der Waals surface area contributed by atoms with E-state index in [4.69, 9.17) is 0 Å². The molecule has 140 valence electrons. The van der Waals surface area contributed by atoms with Gasteiger partial charge < -0.3 is 25.4 Å². The number of nitrogens with zero attached hydrogens (tertiary/aromatic N) is 3. The normalized spacial score (nSPS) is 32.5. The SMILES string of the molecule is O[C@@H]1[C@H](O)[C@@H](C2CCNCC2)C[C@H]1n1cc2c3c(ncnc31)NCCC2. The van der Waals surface area contributed by atoms with Crippen molar-refractivity contribution in [3.8, 4) is 0 Å². The van der Waals surface area contributed by atoms with E-state index in [0.717, 1.165) is 68.6 Å². The van der Waals surface area contributed by atoms with Crippen LogP contribution >= 0.6 is 0 Å². The molecule has 4 atom stereocenters. The molecule has 2 aromatic heterocycles. The maximum absolute atomic E-state index is 10.8. The lowest BCUT2D eigenvalue weighted by Gasteiger charge is -2.30. The summed E-state index contributed by atoms with van der Waals surface area (Å²) in [5.74, 6) is 1.53. The van der Waals surface area contributed by atoms with Gasteiger partial charge in [-0.05, 0) is 62.6 Å². The molecule has 0 radical (unpaired) electrons. The molecule has 1 saturated carbocycles. The highest BCUT2D eigenvalue weighted by molar-refractivity contribution is 5.91. The van der Waals surface area contributed by atoms with Gasteiger partial charge in [0, 0.05) is 12.7 Å². The van der Waals surface area contributed by atoms with Gasteiger partial charge in [-0.2, -0.15) is 0 Å². The van der Waals surface area contributed by atoms with E-state index in [1.165, 1.54) is 5.56 Å². The van der Waals surface area contributed by atoms with Gasteiger partial charge in [0.2, 0.25) is 0 Å². The number of hydrogen-bond donors (Lipinski definition) is 4. The van der Waals surface area contributed by atoms with Gasteiger partial charge in [0.15, 0.2) is 0 Å². The van der Waals surface area contributed by atoms with Gasteiger partial charge in [0.1, 0.15) is 23.9 Å². The smallest absolute Gasteiger partial charge is 0.146 e. The van der Waals surface area contributed by atoms with Crippen molar-refractivity contribution in [1.82, 2.24) is 19.9 Å². The first-order valence-corrected chi connectivity index (χ1v) is 9.89. The van der Waals surface area contributed by atoms with Crippen LogP contribution in [0.5, 0.6) is 0 Å². The lowest BCUT2D eigenvalue weighted by molar-refractivity contribution is -0.00769. The molecule has 1 aliphatic carbocycles. The van der Waals surface area contributed by atoms with Crippen LogP contribution in [0.2, 0.25) is 0 Å². The van der Waals surface area contributed by atoms with Crippen LogP contribution in [0, 0.1) is 11.8 Å². The number of aliphatic hydroxyl groups is 2. The lowest BCUT2D eigenvalue weighted by atomic mass is 9.82. The molecule has 0 amide bonds. The Bertz CT molecular complexity index is 801. The quantitative estimate of drug-likeness (QED) is 0.642. The molecule has 5 rings (SSSR count). The van der Waals surface area contributed by atoms with Crippen LogP contribution in [-0.2, 0) is 6.42 Å². The topological polar surface area (TPSA) is 95.2 Å². The number of anilines is 1. The summed E-state index contributed by atoms with van der Waals surface area (Å²) in [5.41, 5.74) is 2.12. The largest absolute Gasteiger partial charge is 0.390 e. The van der Waals surface area contributed by atoms with Crippen LogP contribution in [0.3, 0.4) is 0 Å². The zero-order chi connectivity index (χ0) is 17.7. The molecule has 7 nitrogen and oxygen atoms in total. The molecular formula is C19H27N5O2. The molecule has 4 heterocycles. The predicted octanol–water partition coefficient (Wildman–Crippen LogP) is 1.07. The maximum atomic E-state index is 10.8. The first-order chi connectivity index (χ1) is 12.7. The van der Waals surface area contributed by atoms with Gasteiger partial charge in [-0.15, -0.1) is 0 Å². The summed E-state index contributed by atoms with van der Waals surface area (Å²) in [6.07, 6.45) is 7.35. The van der Waals surface area contributed by atoms with Crippen molar-refractivity contribution in [2.75, 3.05) is 25.0 Å². The summed E-state index contributed by atoms with van der Waals surface area (Å²) in [6.45, 7) is 2.93. The van der Waals surface area contributed by atoms with Crippen molar-refractivity contribution in [2.24, 2.45) is 11.8 Å². The second-order valence-corrected chi connectivity index (χ2v) is 8.05. The molecule has 0 aromatic carbocycles.